The number of nitrogens with one attached hydrogen (secondary N) is 1. The molecule has 0 saturated carbocycles. The van der Waals surface area contributed by atoms with Crippen molar-refractivity contribution in [3.8, 4) is 5.75 Å². The molecule has 0 heterocycles. The van der Waals surface area contributed by atoms with Gasteiger partial charge < -0.3 is 10.1 Å². The number of allylic oxidation sites excluding steroid dienone is 1. The molecule has 3 nitrogen and oxygen atoms in total. The maximum Gasteiger partial charge on any atom is 0.387 e. The molecule has 0 aliphatic rings. The van der Waals surface area contributed by atoms with Crippen molar-refractivity contribution >= 4 is 27.4 Å². The molecule has 7 heteroatoms. The summed E-state index contributed by atoms with van der Waals surface area (Å²) in [7, 11) is 0. The third kappa shape index (κ3) is 5.14. The van der Waals surface area contributed by atoms with Crippen LogP contribution >= 0.6 is 15.9 Å². The van der Waals surface area contributed by atoms with E-state index >= 15 is 0 Å². The number of benzene rings is 2. The van der Waals surface area contributed by atoms with E-state index in [0.29, 0.717) is 4.47 Å². The second kappa shape index (κ2) is 7.82. The Hall–Kier alpha value is -2.28. The molecule has 0 unspecified atom stereocenters. The fraction of sp³-hybridized carbons (Fsp3) is 0.0625. The number of rotatable bonds is 6. The van der Waals surface area contributed by atoms with Gasteiger partial charge in [0.2, 0.25) is 0 Å². The molecular formula is C16H11BrF3NO2. The summed E-state index contributed by atoms with van der Waals surface area (Å²) in [5.74, 6) is -1.02. The van der Waals surface area contributed by atoms with Crippen LogP contribution in [-0.4, -0.2) is 12.4 Å². The van der Waals surface area contributed by atoms with Crippen LogP contribution in [-0.2, 0) is 0 Å². The lowest BCUT2D eigenvalue weighted by Gasteiger charge is -2.05. The summed E-state index contributed by atoms with van der Waals surface area (Å²) < 4.78 is 42.7. The van der Waals surface area contributed by atoms with Crippen molar-refractivity contribution in [1.29, 1.82) is 0 Å². The Morgan fingerprint density at radius 3 is 2.70 bits per heavy atom. The number of carbonyl (C=O) groups is 1. The number of ether oxygens (including phenoxy) is 1. The van der Waals surface area contributed by atoms with Crippen molar-refractivity contribution in [1.82, 2.24) is 0 Å². The minimum absolute atomic E-state index is 0.105. The van der Waals surface area contributed by atoms with E-state index in [4.69, 9.17) is 0 Å². The Morgan fingerprint density at radius 1 is 1.22 bits per heavy atom. The maximum atomic E-state index is 13.6. The topological polar surface area (TPSA) is 38.3 Å². The number of carbonyl (C=O) groups excluding carboxylic acids is 1. The van der Waals surface area contributed by atoms with Gasteiger partial charge in [-0.2, -0.15) is 8.78 Å². The first-order valence-corrected chi connectivity index (χ1v) is 7.22. The first-order valence-electron chi connectivity index (χ1n) is 6.43. The van der Waals surface area contributed by atoms with Gasteiger partial charge in [0.15, 0.2) is 5.78 Å². The van der Waals surface area contributed by atoms with Gasteiger partial charge in [-0.05, 0) is 30.3 Å². The molecule has 120 valence electrons. The first-order chi connectivity index (χ1) is 11.0. The van der Waals surface area contributed by atoms with Gasteiger partial charge in [0.25, 0.3) is 0 Å². The highest BCUT2D eigenvalue weighted by atomic mass is 79.9. The van der Waals surface area contributed by atoms with Gasteiger partial charge in [0.1, 0.15) is 11.6 Å². The van der Waals surface area contributed by atoms with Crippen LogP contribution < -0.4 is 10.1 Å². The van der Waals surface area contributed by atoms with Gasteiger partial charge in [0, 0.05) is 22.3 Å². The van der Waals surface area contributed by atoms with E-state index in [2.05, 4.69) is 26.0 Å². The summed E-state index contributed by atoms with van der Waals surface area (Å²) in [4.78, 5) is 11.9. The Kier molecular flexibility index (Phi) is 5.81. The van der Waals surface area contributed by atoms with E-state index in [1.807, 2.05) is 0 Å². The van der Waals surface area contributed by atoms with Gasteiger partial charge in [0.05, 0.1) is 5.69 Å². The molecule has 0 bridgehead atoms. The van der Waals surface area contributed by atoms with Gasteiger partial charge >= 0.3 is 6.61 Å². The molecule has 2 aromatic carbocycles. The van der Waals surface area contributed by atoms with E-state index < -0.39 is 18.2 Å². The molecule has 0 aliphatic carbocycles. The highest BCUT2D eigenvalue weighted by molar-refractivity contribution is 9.10. The summed E-state index contributed by atoms with van der Waals surface area (Å²) in [6, 6.07) is 9.85. The number of alkyl halides is 2. The van der Waals surface area contributed by atoms with Crippen molar-refractivity contribution in [2.75, 3.05) is 5.32 Å². The monoisotopic (exact) mass is 385 g/mol. The molecule has 0 radical (unpaired) electrons. The maximum absolute atomic E-state index is 13.6. The number of halogens is 4. The molecule has 0 spiro atoms. The standard InChI is InChI=1S/C16H11BrF3NO2/c17-11-4-5-14(13(18)9-11)21-7-6-15(22)10-2-1-3-12(8-10)23-16(19)20/h1-9,16,21H/b7-6+. The fourth-order valence-corrected chi connectivity index (χ4v) is 2.07. The summed E-state index contributed by atoms with van der Waals surface area (Å²) in [5.41, 5.74) is 0.379. The minimum Gasteiger partial charge on any atom is -0.435 e. The molecule has 0 aromatic heterocycles. The zero-order valence-corrected chi connectivity index (χ0v) is 13.2. The minimum atomic E-state index is -2.96. The SMILES string of the molecule is O=C(/C=C/Nc1ccc(Br)cc1F)c1cccc(OC(F)F)c1. The second-order valence-corrected chi connectivity index (χ2v) is 5.29. The predicted molar refractivity (Wildman–Crippen MR) is 84.3 cm³/mol. The fourth-order valence-electron chi connectivity index (χ4n) is 1.74. The Labute approximate surface area is 138 Å². The van der Waals surface area contributed by atoms with Crippen LogP contribution in [0.5, 0.6) is 5.75 Å². The first kappa shape index (κ1) is 17.1. The van der Waals surface area contributed by atoms with Crippen molar-refractivity contribution < 1.29 is 22.7 Å². The van der Waals surface area contributed by atoms with Crippen molar-refractivity contribution in [3.05, 3.63) is 70.6 Å². The zero-order valence-electron chi connectivity index (χ0n) is 11.6. The molecule has 2 aromatic rings. The molecule has 0 fully saturated rings. The third-order valence-electron chi connectivity index (χ3n) is 2.75. The molecule has 0 aliphatic heterocycles. The average molecular weight is 386 g/mol. The van der Waals surface area contributed by atoms with Gasteiger partial charge in [-0.15, -0.1) is 0 Å². The second-order valence-electron chi connectivity index (χ2n) is 4.37. The lowest BCUT2D eigenvalue weighted by atomic mass is 10.1. The van der Waals surface area contributed by atoms with Crippen LogP contribution in [0.4, 0.5) is 18.9 Å². The van der Waals surface area contributed by atoms with Crippen LogP contribution in [0, 0.1) is 5.82 Å². The summed E-state index contributed by atoms with van der Waals surface area (Å²) in [6.07, 6.45) is 2.44. The number of ketones is 1. The molecule has 1 N–H and O–H groups in total. The molecule has 0 atom stereocenters. The molecular weight excluding hydrogens is 375 g/mol. The molecule has 0 saturated heterocycles. The van der Waals surface area contributed by atoms with Crippen molar-refractivity contribution in [2.45, 2.75) is 6.61 Å². The van der Waals surface area contributed by atoms with Crippen LogP contribution in [0.15, 0.2) is 59.2 Å². The Bertz CT molecular complexity index is 735. The van der Waals surface area contributed by atoms with Crippen LogP contribution in [0.1, 0.15) is 10.4 Å². The normalized spacial score (nSPS) is 11.0. The Balaban J connectivity index is 2.03. The molecule has 0 amide bonds. The van der Waals surface area contributed by atoms with Crippen molar-refractivity contribution in [3.63, 3.8) is 0 Å². The predicted octanol–water partition coefficient (Wildman–Crippen LogP) is 5.00. The van der Waals surface area contributed by atoms with Crippen LogP contribution in [0.3, 0.4) is 0 Å². The van der Waals surface area contributed by atoms with E-state index in [1.54, 1.807) is 6.07 Å². The van der Waals surface area contributed by atoms with Crippen LogP contribution in [0.25, 0.3) is 0 Å². The Morgan fingerprint density at radius 2 is 2.00 bits per heavy atom. The van der Waals surface area contributed by atoms with E-state index in [0.717, 1.165) is 0 Å². The lowest BCUT2D eigenvalue weighted by molar-refractivity contribution is -0.0498. The van der Waals surface area contributed by atoms with Gasteiger partial charge in [-0.1, -0.05) is 28.1 Å². The van der Waals surface area contributed by atoms with Crippen molar-refractivity contribution in [2.24, 2.45) is 0 Å². The van der Waals surface area contributed by atoms with Crippen LogP contribution in [0.2, 0.25) is 0 Å². The quantitative estimate of drug-likeness (QED) is 0.561. The summed E-state index contributed by atoms with van der Waals surface area (Å²) >= 11 is 3.14. The largest absolute Gasteiger partial charge is 0.435 e. The van der Waals surface area contributed by atoms with Gasteiger partial charge in [-0.25, -0.2) is 4.39 Å². The van der Waals surface area contributed by atoms with E-state index in [-0.39, 0.29) is 17.0 Å². The average Bonchev–Trinajstić information content (AvgIpc) is 2.49. The summed E-state index contributed by atoms with van der Waals surface area (Å²) in [5, 5.41) is 2.64. The molecule has 2 rings (SSSR count). The number of anilines is 1. The molecule has 23 heavy (non-hydrogen) atoms. The zero-order chi connectivity index (χ0) is 16.8. The van der Waals surface area contributed by atoms with E-state index in [1.165, 1.54) is 48.7 Å². The third-order valence-corrected chi connectivity index (χ3v) is 3.24. The highest BCUT2D eigenvalue weighted by Gasteiger charge is 2.07. The highest BCUT2D eigenvalue weighted by Crippen LogP contribution is 2.19. The lowest BCUT2D eigenvalue weighted by Crippen LogP contribution is -2.03. The number of hydrogen-bond acceptors (Lipinski definition) is 3. The number of hydrogen-bond donors (Lipinski definition) is 1. The smallest absolute Gasteiger partial charge is 0.387 e. The van der Waals surface area contributed by atoms with E-state index in [9.17, 15) is 18.0 Å². The summed E-state index contributed by atoms with van der Waals surface area (Å²) in [6.45, 7) is -2.96. The van der Waals surface area contributed by atoms with Gasteiger partial charge in [-0.3, -0.25) is 4.79 Å².